The molecule has 6 nitrogen and oxygen atoms in total. The molecule has 0 radical (unpaired) electrons. The van der Waals surface area contributed by atoms with Crippen molar-refractivity contribution in [1.29, 1.82) is 0 Å². The molecule has 0 saturated carbocycles. The smallest absolute Gasteiger partial charge is 0.276 e. The zero-order chi connectivity index (χ0) is 20.1. The van der Waals surface area contributed by atoms with E-state index in [1.165, 1.54) is 18.2 Å². The monoisotopic (exact) mass is 384 g/mol. The Hall–Kier alpha value is -3.55. The van der Waals surface area contributed by atoms with Gasteiger partial charge >= 0.3 is 0 Å². The normalized spacial score (nSPS) is 10.6. The van der Waals surface area contributed by atoms with Crippen LogP contribution in [0, 0.1) is 11.6 Å². The second-order valence-corrected chi connectivity index (χ2v) is 6.17. The number of hydrogen-bond donors (Lipinski definition) is 2. The summed E-state index contributed by atoms with van der Waals surface area (Å²) in [6.07, 6.45) is 0.0562. The third-order valence-corrected chi connectivity index (χ3v) is 3.60. The number of hydrogen-bond acceptors (Lipinski definition) is 5. The van der Waals surface area contributed by atoms with E-state index in [9.17, 15) is 13.6 Å². The molecule has 28 heavy (non-hydrogen) atoms. The van der Waals surface area contributed by atoms with Gasteiger partial charge in [0.15, 0.2) is 11.5 Å². The highest BCUT2D eigenvalue weighted by Crippen LogP contribution is 2.22. The van der Waals surface area contributed by atoms with Gasteiger partial charge in [-0.3, -0.25) is 4.79 Å². The van der Waals surface area contributed by atoms with Crippen molar-refractivity contribution in [2.24, 2.45) is 0 Å². The maximum atomic E-state index is 13.7. The number of para-hydroxylation sites is 1. The molecule has 144 valence electrons. The average Bonchev–Trinajstić information content (AvgIpc) is 2.66. The Kier molecular flexibility index (Phi) is 5.78. The van der Waals surface area contributed by atoms with Crippen LogP contribution in [0.4, 0.5) is 26.0 Å². The van der Waals surface area contributed by atoms with Crippen molar-refractivity contribution in [2.75, 3.05) is 10.6 Å². The summed E-state index contributed by atoms with van der Waals surface area (Å²) in [5.74, 6) is -1.17. The Labute approximate surface area is 160 Å². The number of rotatable bonds is 6. The van der Waals surface area contributed by atoms with Crippen LogP contribution >= 0.6 is 0 Å². The predicted molar refractivity (Wildman–Crippen MR) is 102 cm³/mol. The zero-order valence-electron chi connectivity index (χ0n) is 15.2. The van der Waals surface area contributed by atoms with Crippen molar-refractivity contribution in [3.05, 3.63) is 71.9 Å². The maximum absolute atomic E-state index is 13.7. The van der Waals surface area contributed by atoms with E-state index in [0.29, 0.717) is 11.4 Å². The topological polar surface area (TPSA) is 76.1 Å². The van der Waals surface area contributed by atoms with Crippen molar-refractivity contribution in [1.82, 2.24) is 10.2 Å². The van der Waals surface area contributed by atoms with Gasteiger partial charge in [-0.15, -0.1) is 10.2 Å². The summed E-state index contributed by atoms with van der Waals surface area (Å²) in [4.78, 5) is 12.3. The van der Waals surface area contributed by atoms with Gasteiger partial charge in [0.25, 0.3) is 5.91 Å². The summed E-state index contributed by atoms with van der Waals surface area (Å²) >= 11 is 0. The van der Waals surface area contributed by atoms with Crippen molar-refractivity contribution >= 4 is 23.1 Å². The van der Waals surface area contributed by atoms with Crippen LogP contribution in [0.25, 0.3) is 0 Å². The summed E-state index contributed by atoms with van der Waals surface area (Å²) in [7, 11) is 0. The molecule has 1 heterocycles. The van der Waals surface area contributed by atoms with Crippen LogP contribution in [0.5, 0.6) is 5.75 Å². The number of ether oxygens (including phenoxy) is 1. The number of amides is 1. The van der Waals surface area contributed by atoms with Crippen molar-refractivity contribution in [3.63, 3.8) is 0 Å². The molecule has 0 atom stereocenters. The molecule has 0 saturated heterocycles. The first-order valence-electron chi connectivity index (χ1n) is 8.55. The predicted octanol–water partition coefficient (Wildman–Crippen LogP) is 4.54. The summed E-state index contributed by atoms with van der Waals surface area (Å²) < 4.78 is 32.9. The number of nitrogens with one attached hydrogen (secondary N) is 2. The minimum Gasteiger partial charge on any atom is -0.491 e. The van der Waals surface area contributed by atoms with Crippen LogP contribution in [-0.4, -0.2) is 22.2 Å². The molecule has 2 aromatic carbocycles. The Bertz CT molecular complexity index is 941. The van der Waals surface area contributed by atoms with E-state index < -0.39 is 17.5 Å². The highest BCUT2D eigenvalue weighted by Gasteiger charge is 2.12. The number of carbonyl (C=O) groups is 1. The molecule has 0 bridgehead atoms. The van der Waals surface area contributed by atoms with Gasteiger partial charge in [0.1, 0.15) is 23.1 Å². The van der Waals surface area contributed by atoms with E-state index in [2.05, 4.69) is 20.8 Å². The van der Waals surface area contributed by atoms with Crippen molar-refractivity contribution in [3.8, 4) is 5.75 Å². The number of carbonyl (C=O) groups excluding carboxylic acids is 1. The van der Waals surface area contributed by atoms with Crippen LogP contribution in [0.2, 0.25) is 0 Å². The fourth-order valence-electron chi connectivity index (χ4n) is 2.35. The summed E-state index contributed by atoms with van der Waals surface area (Å²) in [6.45, 7) is 3.85. The molecular formula is C20H18F2N4O2. The molecule has 3 aromatic rings. The first kappa shape index (κ1) is 19.2. The second kappa shape index (κ2) is 8.43. The van der Waals surface area contributed by atoms with E-state index in [-0.39, 0.29) is 23.3 Å². The lowest BCUT2D eigenvalue weighted by Gasteiger charge is -2.10. The van der Waals surface area contributed by atoms with Crippen LogP contribution in [0.3, 0.4) is 0 Å². The minimum absolute atomic E-state index is 0.0562. The highest BCUT2D eigenvalue weighted by atomic mass is 19.1. The van der Waals surface area contributed by atoms with Gasteiger partial charge in [-0.2, -0.15) is 0 Å². The quantitative estimate of drug-likeness (QED) is 0.653. The lowest BCUT2D eigenvalue weighted by molar-refractivity contribution is 0.102. The third kappa shape index (κ3) is 4.79. The first-order chi connectivity index (χ1) is 13.4. The van der Waals surface area contributed by atoms with Gasteiger partial charge in [-0.05, 0) is 62.4 Å². The standard InChI is InChI=1S/C20H18F2N4O2/c1-12(2)28-14-8-6-13(7-9-14)23-20(27)17-10-11-18(26-25-17)24-19-15(21)4-3-5-16(19)22/h3-12H,1-2H3,(H,23,27)(H,24,26). The molecule has 3 rings (SSSR count). The van der Waals surface area contributed by atoms with E-state index in [4.69, 9.17) is 4.74 Å². The lowest BCUT2D eigenvalue weighted by Crippen LogP contribution is -2.14. The number of aromatic nitrogens is 2. The fourth-order valence-corrected chi connectivity index (χ4v) is 2.35. The minimum atomic E-state index is -0.756. The molecule has 0 aliphatic rings. The van der Waals surface area contributed by atoms with E-state index >= 15 is 0 Å². The molecular weight excluding hydrogens is 366 g/mol. The van der Waals surface area contributed by atoms with Gasteiger partial charge < -0.3 is 15.4 Å². The molecule has 8 heteroatoms. The Morgan fingerprint density at radius 1 is 0.964 bits per heavy atom. The molecule has 0 aliphatic heterocycles. The van der Waals surface area contributed by atoms with Crippen LogP contribution in [0.1, 0.15) is 24.3 Å². The number of halogens is 2. The zero-order valence-corrected chi connectivity index (χ0v) is 15.2. The van der Waals surface area contributed by atoms with Crippen molar-refractivity contribution < 1.29 is 18.3 Å². The second-order valence-electron chi connectivity index (χ2n) is 6.17. The van der Waals surface area contributed by atoms with Crippen LogP contribution in [0.15, 0.2) is 54.6 Å². The van der Waals surface area contributed by atoms with Gasteiger partial charge in [-0.25, -0.2) is 8.78 Å². The first-order valence-corrected chi connectivity index (χ1v) is 8.55. The maximum Gasteiger partial charge on any atom is 0.276 e. The van der Waals surface area contributed by atoms with Gasteiger partial charge in [-0.1, -0.05) is 6.07 Å². The SMILES string of the molecule is CC(C)Oc1ccc(NC(=O)c2ccc(Nc3c(F)cccc3F)nn2)cc1. The number of benzene rings is 2. The van der Waals surface area contributed by atoms with E-state index in [0.717, 1.165) is 12.1 Å². The summed E-state index contributed by atoms with van der Waals surface area (Å²) in [5.41, 5.74) is 0.290. The van der Waals surface area contributed by atoms with Crippen molar-refractivity contribution in [2.45, 2.75) is 20.0 Å². The Morgan fingerprint density at radius 2 is 1.64 bits per heavy atom. The van der Waals surface area contributed by atoms with Gasteiger partial charge in [0, 0.05) is 5.69 Å². The Morgan fingerprint density at radius 3 is 2.21 bits per heavy atom. The molecule has 0 unspecified atom stereocenters. The van der Waals surface area contributed by atoms with E-state index in [1.54, 1.807) is 24.3 Å². The fraction of sp³-hybridized carbons (Fsp3) is 0.150. The molecule has 0 fully saturated rings. The van der Waals surface area contributed by atoms with E-state index in [1.807, 2.05) is 13.8 Å². The Balaban J connectivity index is 1.65. The molecule has 1 amide bonds. The lowest BCUT2D eigenvalue weighted by atomic mass is 10.2. The number of nitrogens with zero attached hydrogens (tertiary/aromatic N) is 2. The van der Waals surface area contributed by atoms with Gasteiger partial charge in [0.05, 0.1) is 6.10 Å². The average molecular weight is 384 g/mol. The molecule has 1 aromatic heterocycles. The summed E-state index contributed by atoms with van der Waals surface area (Å²) in [5, 5.41) is 12.8. The molecule has 2 N–H and O–H groups in total. The van der Waals surface area contributed by atoms with Gasteiger partial charge in [0.2, 0.25) is 0 Å². The van der Waals surface area contributed by atoms with Crippen LogP contribution < -0.4 is 15.4 Å². The largest absolute Gasteiger partial charge is 0.491 e. The number of anilines is 3. The molecule has 0 spiro atoms. The molecule has 0 aliphatic carbocycles. The van der Waals surface area contributed by atoms with Crippen LogP contribution in [-0.2, 0) is 0 Å². The third-order valence-electron chi connectivity index (χ3n) is 3.60. The summed E-state index contributed by atoms with van der Waals surface area (Å²) in [6, 6.07) is 13.2. The highest BCUT2D eigenvalue weighted by molar-refractivity contribution is 6.02.